The summed E-state index contributed by atoms with van der Waals surface area (Å²) in [5.74, 6) is 0.999. The molecule has 1 saturated heterocycles. The van der Waals surface area contributed by atoms with Crippen LogP contribution in [0.25, 0.3) is 26.8 Å². The standard InChI is InChI=1S/C28H34N8OS/c1-28(2,16-35-12-10-34(3)11-13-35)27(37)36-8-6-19(7-9-36)23-15-21-25(29-17-30-26(21)33-23)32-20-4-5-22-24(14-20)38-18-31-22/h4-6,14-15,17-18H,7-13,16H2,1-3H3,(H2,29,30,32,33). The maximum absolute atomic E-state index is 13.4. The Morgan fingerprint density at radius 1 is 1.11 bits per heavy atom. The number of thiazole rings is 1. The van der Waals surface area contributed by atoms with Gasteiger partial charge in [0.1, 0.15) is 17.8 Å². The highest BCUT2D eigenvalue weighted by molar-refractivity contribution is 7.16. The summed E-state index contributed by atoms with van der Waals surface area (Å²) in [4.78, 5) is 37.0. The van der Waals surface area contributed by atoms with Crippen LogP contribution in [0.2, 0.25) is 0 Å². The average Bonchev–Trinajstić information content (AvgIpc) is 3.57. The number of hydrogen-bond donors (Lipinski definition) is 2. The highest BCUT2D eigenvalue weighted by Gasteiger charge is 2.35. The van der Waals surface area contributed by atoms with Gasteiger partial charge in [-0.15, -0.1) is 11.3 Å². The third-order valence-corrected chi connectivity index (χ3v) is 8.45. The quantitative estimate of drug-likeness (QED) is 0.386. The van der Waals surface area contributed by atoms with Crippen LogP contribution in [-0.2, 0) is 4.79 Å². The predicted octanol–water partition coefficient (Wildman–Crippen LogP) is 4.20. The molecular weight excluding hydrogens is 496 g/mol. The van der Waals surface area contributed by atoms with E-state index >= 15 is 0 Å². The van der Waals surface area contributed by atoms with Gasteiger partial charge < -0.3 is 20.1 Å². The molecule has 0 radical (unpaired) electrons. The minimum atomic E-state index is -0.402. The smallest absolute Gasteiger partial charge is 0.229 e. The van der Waals surface area contributed by atoms with Crippen molar-refractivity contribution in [1.82, 2.24) is 34.6 Å². The Balaban J connectivity index is 1.15. The van der Waals surface area contributed by atoms with E-state index in [1.54, 1.807) is 17.7 Å². The number of nitrogens with zero attached hydrogens (tertiary/aromatic N) is 6. The molecular formula is C28H34N8OS. The Labute approximate surface area is 226 Å². The first kappa shape index (κ1) is 25.0. The van der Waals surface area contributed by atoms with E-state index in [1.165, 1.54) is 5.57 Å². The molecule has 9 nitrogen and oxygen atoms in total. The predicted molar refractivity (Wildman–Crippen MR) is 154 cm³/mol. The molecule has 0 saturated carbocycles. The molecule has 0 unspecified atom stereocenters. The van der Waals surface area contributed by atoms with Crippen molar-refractivity contribution in [3.63, 3.8) is 0 Å². The normalized spacial score (nSPS) is 17.8. The number of nitrogens with one attached hydrogen (secondary N) is 2. The zero-order valence-electron chi connectivity index (χ0n) is 22.2. The van der Waals surface area contributed by atoms with Crippen molar-refractivity contribution in [2.75, 3.05) is 58.2 Å². The van der Waals surface area contributed by atoms with Gasteiger partial charge in [0.2, 0.25) is 5.91 Å². The number of piperazine rings is 1. The number of aromatic nitrogens is 4. The molecule has 1 amide bonds. The molecule has 1 fully saturated rings. The molecule has 198 valence electrons. The molecule has 2 aliphatic rings. The lowest BCUT2D eigenvalue weighted by Gasteiger charge is -2.39. The lowest BCUT2D eigenvalue weighted by atomic mass is 9.89. The second kappa shape index (κ2) is 10.1. The summed E-state index contributed by atoms with van der Waals surface area (Å²) in [5, 5.41) is 4.39. The molecule has 5 heterocycles. The fourth-order valence-electron chi connectivity index (χ4n) is 5.44. The van der Waals surface area contributed by atoms with Crippen LogP contribution in [0.3, 0.4) is 0 Å². The fraction of sp³-hybridized carbons (Fsp3) is 0.429. The van der Waals surface area contributed by atoms with Crippen LogP contribution < -0.4 is 5.32 Å². The lowest BCUT2D eigenvalue weighted by Crippen LogP contribution is -2.52. The zero-order chi connectivity index (χ0) is 26.3. The third-order valence-electron chi connectivity index (χ3n) is 7.66. The van der Waals surface area contributed by atoms with E-state index in [0.717, 1.165) is 84.1 Å². The summed E-state index contributed by atoms with van der Waals surface area (Å²) in [6.45, 7) is 10.5. The van der Waals surface area contributed by atoms with Gasteiger partial charge in [-0.05, 0) is 57.2 Å². The van der Waals surface area contributed by atoms with Gasteiger partial charge in [-0.1, -0.05) is 6.08 Å². The number of carbonyl (C=O) groups excluding carboxylic acids is 1. The minimum absolute atomic E-state index is 0.235. The number of hydrogen-bond acceptors (Lipinski definition) is 8. The monoisotopic (exact) mass is 530 g/mol. The van der Waals surface area contributed by atoms with E-state index in [9.17, 15) is 4.79 Å². The topological polar surface area (TPSA) is 93.3 Å². The fourth-order valence-corrected chi connectivity index (χ4v) is 6.16. The summed E-state index contributed by atoms with van der Waals surface area (Å²) in [6, 6.07) is 8.24. The molecule has 4 aromatic rings. The van der Waals surface area contributed by atoms with Gasteiger partial charge in [0.25, 0.3) is 0 Å². The third kappa shape index (κ3) is 5.03. The van der Waals surface area contributed by atoms with Crippen LogP contribution >= 0.6 is 11.3 Å². The van der Waals surface area contributed by atoms with Gasteiger partial charge >= 0.3 is 0 Å². The highest BCUT2D eigenvalue weighted by Crippen LogP contribution is 2.31. The molecule has 2 aliphatic heterocycles. The van der Waals surface area contributed by atoms with Crippen molar-refractivity contribution >= 4 is 55.6 Å². The van der Waals surface area contributed by atoms with Crippen molar-refractivity contribution in [3.8, 4) is 0 Å². The Bertz CT molecular complexity index is 1500. The summed E-state index contributed by atoms with van der Waals surface area (Å²) < 4.78 is 1.13. The molecule has 0 aliphatic carbocycles. The molecule has 0 atom stereocenters. The Kier molecular flexibility index (Phi) is 6.63. The van der Waals surface area contributed by atoms with Gasteiger partial charge in [-0.25, -0.2) is 15.0 Å². The van der Waals surface area contributed by atoms with Crippen LogP contribution in [0.5, 0.6) is 0 Å². The largest absolute Gasteiger partial charge is 0.340 e. The number of fused-ring (bicyclic) bond motifs is 2. The number of aromatic amines is 1. The number of likely N-dealkylation sites (N-methyl/N-ethyl adjacent to an activating group) is 1. The van der Waals surface area contributed by atoms with Crippen molar-refractivity contribution < 1.29 is 4.79 Å². The zero-order valence-corrected chi connectivity index (χ0v) is 23.0. The average molecular weight is 531 g/mol. The number of anilines is 2. The Hall–Kier alpha value is -3.34. The molecule has 1 aromatic carbocycles. The second-order valence-corrected chi connectivity index (χ2v) is 11.9. The van der Waals surface area contributed by atoms with Crippen molar-refractivity contribution in [2.45, 2.75) is 20.3 Å². The molecule has 0 spiro atoms. The first-order valence-corrected chi connectivity index (χ1v) is 14.1. The molecule has 6 rings (SSSR count). The van der Waals surface area contributed by atoms with E-state index in [0.29, 0.717) is 6.54 Å². The van der Waals surface area contributed by atoms with Crippen molar-refractivity contribution in [3.05, 3.63) is 47.9 Å². The highest BCUT2D eigenvalue weighted by atomic mass is 32.1. The maximum atomic E-state index is 13.4. The minimum Gasteiger partial charge on any atom is -0.340 e. The summed E-state index contributed by atoms with van der Waals surface area (Å²) >= 11 is 1.62. The lowest BCUT2D eigenvalue weighted by molar-refractivity contribution is -0.141. The second-order valence-electron chi connectivity index (χ2n) is 11.0. The summed E-state index contributed by atoms with van der Waals surface area (Å²) in [6.07, 6.45) is 4.56. The molecule has 0 bridgehead atoms. The Morgan fingerprint density at radius 3 is 2.74 bits per heavy atom. The number of amides is 1. The van der Waals surface area contributed by atoms with Crippen molar-refractivity contribution in [1.29, 1.82) is 0 Å². The molecule has 10 heteroatoms. The van der Waals surface area contributed by atoms with Crippen molar-refractivity contribution in [2.24, 2.45) is 5.41 Å². The first-order chi connectivity index (χ1) is 18.4. The SMILES string of the molecule is CN1CCN(CC(C)(C)C(=O)N2CC=C(c3cc4c(Nc5ccc6ncsc6c5)ncnc4[nH]3)CC2)CC1. The molecule has 2 N–H and O–H groups in total. The first-order valence-electron chi connectivity index (χ1n) is 13.2. The van der Waals surface area contributed by atoms with E-state index in [2.05, 4.69) is 74.2 Å². The van der Waals surface area contributed by atoms with E-state index < -0.39 is 5.41 Å². The van der Waals surface area contributed by atoms with Crippen LogP contribution in [0, 0.1) is 5.41 Å². The van der Waals surface area contributed by atoms with E-state index in [1.807, 2.05) is 22.5 Å². The molecule has 38 heavy (non-hydrogen) atoms. The maximum Gasteiger partial charge on any atom is 0.229 e. The van der Waals surface area contributed by atoms with E-state index in [-0.39, 0.29) is 5.91 Å². The number of rotatable bonds is 6. The van der Waals surface area contributed by atoms with E-state index in [4.69, 9.17) is 0 Å². The summed E-state index contributed by atoms with van der Waals surface area (Å²) in [5.41, 5.74) is 6.46. The molecule has 3 aromatic heterocycles. The summed E-state index contributed by atoms with van der Waals surface area (Å²) in [7, 11) is 2.16. The van der Waals surface area contributed by atoms with Gasteiger partial charge in [-0.2, -0.15) is 0 Å². The van der Waals surface area contributed by atoms with Gasteiger partial charge in [0, 0.05) is 57.2 Å². The van der Waals surface area contributed by atoms with Gasteiger partial charge in [0.15, 0.2) is 0 Å². The van der Waals surface area contributed by atoms with Crippen LogP contribution in [0.4, 0.5) is 11.5 Å². The van der Waals surface area contributed by atoms with Crippen LogP contribution in [0.15, 0.2) is 42.2 Å². The van der Waals surface area contributed by atoms with Crippen LogP contribution in [-0.4, -0.2) is 93.4 Å². The Morgan fingerprint density at radius 2 is 1.95 bits per heavy atom. The number of carbonyl (C=O) groups is 1. The van der Waals surface area contributed by atoms with Crippen LogP contribution in [0.1, 0.15) is 26.0 Å². The number of benzene rings is 1. The van der Waals surface area contributed by atoms with Gasteiger partial charge in [-0.3, -0.25) is 9.69 Å². The number of H-pyrrole nitrogens is 1. The van der Waals surface area contributed by atoms with Gasteiger partial charge in [0.05, 0.1) is 26.5 Å².